The molecule has 1 fully saturated rings. The number of ketones is 1. The second-order valence-electron chi connectivity index (χ2n) is 7.03. The van der Waals surface area contributed by atoms with Crippen LogP contribution in [-0.2, 0) is 13.6 Å². The van der Waals surface area contributed by atoms with Crippen LogP contribution >= 0.6 is 24.0 Å². The molecule has 0 amide bonds. The van der Waals surface area contributed by atoms with Crippen molar-refractivity contribution in [3.05, 3.63) is 58.4 Å². The molecule has 1 aromatic heterocycles. The summed E-state index contributed by atoms with van der Waals surface area (Å²) in [4.78, 5) is 27.1. The van der Waals surface area contributed by atoms with Crippen LogP contribution in [0.25, 0.3) is 0 Å². The monoisotopic (exact) mass is 654 g/mol. The number of benzene rings is 1. The van der Waals surface area contributed by atoms with E-state index in [1.807, 2.05) is 11.9 Å². The van der Waals surface area contributed by atoms with Gasteiger partial charge < -0.3 is 17.6 Å². The fraction of sp³-hybridized carbons (Fsp3) is 0.400. The molecule has 0 spiro atoms. The summed E-state index contributed by atoms with van der Waals surface area (Å²) in [5.74, 6) is 1.74. The summed E-state index contributed by atoms with van der Waals surface area (Å²) >= 11 is 7.10. The van der Waals surface area contributed by atoms with Crippen molar-refractivity contribution in [1.82, 2.24) is 9.13 Å². The average molecular weight is 655 g/mol. The number of hydrogen-bond donors (Lipinski definition) is 1. The van der Waals surface area contributed by atoms with Crippen LogP contribution in [0.3, 0.4) is 0 Å². The minimum absolute atomic E-state index is 0. The molecule has 2 aliphatic rings. The molecule has 1 saturated carbocycles. The summed E-state index contributed by atoms with van der Waals surface area (Å²) < 4.78 is 3.90. The van der Waals surface area contributed by atoms with Crippen molar-refractivity contribution >= 4 is 41.3 Å². The zero-order valence-electron chi connectivity index (χ0n) is 16.8. The molecule has 152 valence electrons. The van der Waals surface area contributed by atoms with E-state index in [0.29, 0.717) is 28.4 Å². The smallest absolute Gasteiger partial charge is 0.358 e. The van der Waals surface area contributed by atoms with E-state index in [1.54, 1.807) is 40.4 Å². The Hall–Kier alpha value is -1.01. The fourth-order valence-corrected chi connectivity index (χ4v) is 4.61. The van der Waals surface area contributed by atoms with Gasteiger partial charge in [-0.2, -0.15) is 30.3 Å². The number of Topliss-reactive ketones (excluding diaryl/α,β-unsaturated/α-hetero) is 1. The van der Waals surface area contributed by atoms with E-state index in [-0.39, 0.29) is 55.5 Å². The number of carbonyl (C=O) groups is 1. The number of hydrogen-bond acceptors (Lipinski definition) is 6. The van der Waals surface area contributed by atoms with Crippen LogP contribution in [-0.4, -0.2) is 33.2 Å². The fourth-order valence-electron chi connectivity index (χ4n) is 3.31. The molecule has 0 bridgehead atoms. The molecular formula is C20H24N4O2S2U. The predicted octanol–water partition coefficient (Wildman–Crippen LogP) is 3.34. The number of thioether (sulfide) groups is 1. The van der Waals surface area contributed by atoms with Crippen molar-refractivity contribution in [1.29, 1.82) is 0 Å². The van der Waals surface area contributed by atoms with Gasteiger partial charge in [0, 0.05) is 20.6 Å². The van der Waals surface area contributed by atoms with Crippen molar-refractivity contribution in [3.63, 3.8) is 0 Å². The molecule has 0 radical (unpaired) electrons. The number of aromatic nitrogens is 2. The van der Waals surface area contributed by atoms with Crippen molar-refractivity contribution in [2.45, 2.75) is 24.9 Å². The Balaban J connectivity index is 0.00000150. The molecule has 1 aromatic carbocycles. The number of nitrogens with one attached hydrogen (secondary N) is 1. The largest absolute Gasteiger partial charge is 2.00 e. The first-order valence-electron chi connectivity index (χ1n) is 8.91. The molecule has 1 atom stereocenters. The second kappa shape index (κ2) is 9.87. The number of anilines is 2. The van der Waals surface area contributed by atoms with Crippen LogP contribution in [0.15, 0.2) is 29.1 Å². The van der Waals surface area contributed by atoms with E-state index in [1.165, 1.54) is 11.8 Å². The molecule has 2 aromatic rings. The van der Waals surface area contributed by atoms with Gasteiger partial charge in [-0.05, 0) is 18.8 Å². The summed E-state index contributed by atoms with van der Waals surface area (Å²) in [6.07, 6.45) is 2.32. The van der Waals surface area contributed by atoms with Gasteiger partial charge in [0.1, 0.15) is 27.4 Å². The van der Waals surface area contributed by atoms with Crippen LogP contribution in [0.4, 0.5) is 11.5 Å². The third-order valence-corrected chi connectivity index (χ3v) is 6.63. The maximum absolute atomic E-state index is 12.8. The quantitative estimate of drug-likeness (QED) is 0.293. The molecule has 1 N–H and O–H groups in total. The molecule has 0 saturated heterocycles. The normalized spacial score (nSPS) is 17.0. The molecular weight excluding hydrogens is 630 g/mol. The van der Waals surface area contributed by atoms with Gasteiger partial charge in [0.2, 0.25) is 0 Å². The van der Waals surface area contributed by atoms with Gasteiger partial charge in [0.25, 0.3) is 0 Å². The van der Waals surface area contributed by atoms with Gasteiger partial charge in [-0.15, -0.1) is 11.8 Å². The maximum atomic E-state index is 12.8. The Labute approximate surface area is 204 Å². The van der Waals surface area contributed by atoms with Gasteiger partial charge in [-0.25, -0.2) is 4.79 Å². The summed E-state index contributed by atoms with van der Waals surface area (Å²) in [7, 11) is 3.69. The topological polar surface area (TPSA) is 59.3 Å². The molecule has 2 heterocycles. The third kappa shape index (κ3) is 4.84. The zero-order valence-corrected chi connectivity index (χ0v) is 22.6. The standard InChI is InChI=1S/C19H21N4O2S2.CH3.U/c1-21-16-15(17(26)23(10-12-8-9-12)19(25)22(16)2)20-18(21)27-11-14(24)13-6-4-3-5-7-13;;/h4-7,12,18,20H,8-11H2,1-2H3;1H3;/q2*-1;+2. The zero-order chi connectivity index (χ0) is 19.1. The van der Waals surface area contributed by atoms with Gasteiger partial charge in [-0.1, -0.05) is 17.8 Å². The van der Waals surface area contributed by atoms with Crippen LogP contribution in [0, 0.1) is 55.2 Å². The first kappa shape index (κ1) is 24.3. The molecule has 9 heteroatoms. The molecule has 1 aliphatic carbocycles. The first-order valence-corrected chi connectivity index (χ1v) is 10.4. The number of carbonyl (C=O) groups excluding carboxylic acids is 1. The molecule has 6 nitrogen and oxygen atoms in total. The molecule has 1 unspecified atom stereocenters. The maximum Gasteiger partial charge on any atom is 2.00 e. The van der Waals surface area contributed by atoms with E-state index >= 15 is 0 Å². The number of rotatable bonds is 6. The third-order valence-electron chi connectivity index (χ3n) is 5.02. The Kier molecular flexibility index (Phi) is 8.25. The molecule has 1 aliphatic heterocycles. The van der Waals surface area contributed by atoms with E-state index in [9.17, 15) is 9.59 Å². The predicted molar refractivity (Wildman–Crippen MR) is 118 cm³/mol. The minimum Gasteiger partial charge on any atom is -0.358 e. The van der Waals surface area contributed by atoms with Gasteiger partial charge in [0.15, 0.2) is 0 Å². The SMILES string of the molecule is CN1c2c(c(=S)n(CC3CC3)c(=O)n2C)NC1SCC(=O)c1cc[c-]cc1.[CH3-].[U+2]. The average Bonchev–Trinajstić information content (AvgIpc) is 3.44. The van der Waals surface area contributed by atoms with Crippen LogP contribution in [0.1, 0.15) is 23.2 Å². The summed E-state index contributed by atoms with van der Waals surface area (Å²) in [5, 5.41) is 3.41. The van der Waals surface area contributed by atoms with E-state index in [2.05, 4.69) is 11.4 Å². The van der Waals surface area contributed by atoms with Gasteiger partial charge >= 0.3 is 36.8 Å². The Morgan fingerprint density at radius 1 is 1.31 bits per heavy atom. The van der Waals surface area contributed by atoms with Crippen molar-refractivity contribution in [2.24, 2.45) is 13.0 Å². The minimum atomic E-state index is -0.150. The van der Waals surface area contributed by atoms with E-state index in [4.69, 9.17) is 12.2 Å². The van der Waals surface area contributed by atoms with Crippen LogP contribution in [0.2, 0.25) is 0 Å². The van der Waals surface area contributed by atoms with Gasteiger partial charge in [-0.3, -0.25) is 13.9 Å². The van der Waals surface area contributed by atoms with Crippen LogP contribution in [0.5, 0.6) is 0 Å². The van der Waals surface area contributed by atoms with Crippen molar-refractivity contribution in [3.8, 4) is 0 Å². The van der Waals surface area contributed by atoms with E-state index in [0.717, 1.165) is 24.3 Å². The first-order chi connectivity index (χ1) is 13.0. The summed E-state index contributed by atoms with van der Waals surface area (Å²) in [6.45, 7) is 0.686. The van der Waals surface area contributed by atoms with E-state index < -0.39 is 0 Å². The summed E-state index contributed by atoms with van der Waals surface area (Å²) in [6, 6.07) is 9.95. The Morgan fingerprint density at radius 2 is 1.97 bits per heavy atom. The summed E-state index contributed by atoms with van der Waals surface area (Å²) in [5.41, 5.74) is 1.25. The second-order valence-corrected chi connectivity index (χ2v) is 8.49. The Morgan fingerprint density at radius 3 is 2.59 bits per heavy atom. The van der Waals surface area contributed by atoms with Crippen molar-refractivity contribution in [2.75, 3.05) is 23.0 Å². The Bertz CT molecular complexity index is 1000. The number of nitrogens with zero attached hydrogens (tertiary/aromatic N) is 3. The molecule has 4 rings (SSSR count). The number of fused-ring (bicyclic) bond motifs is 1. The molecule has 29 heavy (non-hydrogen) atoms. The van der Waals surface area contributed by atoms with Crippen molar-refractivity contribution < 1.29 is 35.9 Å². The van der Waals surface area contributed by atoms with Gasteiger partial charge in [0.05, 0.1) is 5.75 Å². The van der Waals surface area contributed by atoms with Crippen LogP contribution < -0.4 is 15.9 Å².